The van der Waals surface area contributed by atoms with E-state index in [0.717, 1.165) is 89.9 Å². The van der Waals surface area contributed by atoms with Crippen LogP contribution in [0.4, 0.5) is 0 Å². The molecular formula is C46H78O4. The molecular weight excluding hydrogens is 617 g/mol. The first-order valence-electron chi connectivity index (χ1n) is 20.9. The maximum Gasteiger partial charge on any atom is 0.306 e. The molecule has 0 heterocycles. The number of hydrogen-bond acceptors (Lipinski definition) is 3. The van der Waals surface area contributed by atoms with Crippen molar-refractivity contribution in [2.75, 3.05) is 0 Å². The lowest BCUT2D eigenvalue weighted by atomic mass is 10.0. The summed E-state index contributed by atoms with van der Waals surface area (Å²) in [4.78, 5) is 23.0. The number of aliphatic carboxylic acids is 1. The molecule has 0 aromatic rings. The Balaban J connectivity index is 3.77. The van der Waals surface area contributed by atoms with Gasteiger partial charge in [-0.15, -0.1) is 0 Å². The summed E-state index contributed by atoms with van der Waals surface area (Å²) in [5.41, 5.74) is 0. The molecule has 4 heteroatoms. The molecule has 286 valence electrons. The van der Waals surface area contributed by atoms with Gasteiger partial charge in [0, 0.05) is 12.8 Å². The third-order valence-electron chi connectivity index (χ3n) is 8.96. The van der Waals surface area contributed by atoms with E-state index in [1.54, 1.807) is 0 Å². The lowest BCUT2D eigenvalue weighted by Gasteiger charge is -2.17. The van der Waals surface area contributed by atoms with E-state index < -0.39 is 5.97 Å². The summed E-state index contributed by atoms with van der Waals surface area (Å²) in [6, 6.07) is 0. The molecule has 0 aliphatic heterocycles. The Morgan fingerprint density at radius 3 is 1.22 bits per heavy atom. The Morgan fingerprint density at radius 2 is 0.820 bits per heavy atom. The number of carboxylic acid groups (broad SMARTS) is 1. The molecule has 1 unspecified atom stereocenters. The molecule has 0 saturated carbocycles. The molecule has 0 fully saturated rings. The Bertz CT molecular complexity index is 922. The number of allylic oxidation sites excluding steroid dienone is 12. The number of unbranched alkanes of at least 4 members (excludes halogenated alkanes) is 16. The average molecular weight is 695 g/mol. The van der Waals surface area contributed by atoms with Gasteiger partial charge in [0.15, 0.2) is 0 Å². The molecule has 0 radical (unpaired) electrons. The smallest absolute Gasteiger partial charge is 0.306 e. The largest absolute Gasteiger partial charge is 0.481 e. The van der Waals surface area contributed by atoms with Crippen LogP contribution in [-0.2, 0) is 14.3 Å². The van der Waals surface area contributed by atoms with E-state index in [0.29, 0.717) is 12.8 Å². The Labute approximate surface area is 309 Å². The first-order valence-corrected chi connectivity index (χ1v) is 20.9. The van der Waals surface area contributed by atoms with Crippen LogP contribution >= 0.6 is 0 Å². The number of rotatable bonds is 37. The third-order valence-corrected chi connectivity index (χ3v) is 8.96. The number of ether oxygens (including phenoxy) is 1. The van der Waals surface area contributed by atoms with Gasteiger partial charge in [-0.05, 0) is 70.6 Å². The van der Waals surface area contributed by atoms with Crippen LogP contribution < -0.4 is 0 Å². The van der Waals surface area contributed by atoms with Gasteiger partial charge in [0.25, 0.3) is 0 Å². The summed E-state index contributed by atoms with van der Waals surface area (Å²) in [6.07, 6.45) is 58.4. The van der Waals surface area contributed by atoms with Gasteiger partial charge < -0.3 is 9.84 Å². The van der Waals surface area contributed by atoms with Gasteiger partial charge in [-0.25, -0.2) is 0 Å². The maximum absolute atomic E-state index is 12.5. The average Bonchev–Trinajstić information content (AvgIpc) is 3.10. The van der Waals surface area contributed by atoms with Crippen LogP contribution in [0.3, 0.4) is 0 Å². The lowest BCUT2D eigenvalue weighted by molar-refractivity contribution is -0.149. The van der Waals surface area contributed by atoms with E-state index in [1.165, 1.54) is 83.5 Å². The van der Waals surface area contributed by atoms with Gasteiger partial charge in [-0.2, -0.15) is 0 Å². The summed E-state index contributed by atoms with van der Waals surface area (Å²) >= 11 is 0. The van der Waals surface area contributed by atoms with Gasteiger partial charge in [-0.3, -0.25) is 9.59 Å². The summed E-state index contributed by atoms with van der Waals surface area (Å²) in [5.74, 6) is -0.710. The van der Waals surface area contributed by atoms with Crippen LogP contribution in [0.1, 0.15) is 200 Å². The van der Waals surface area contributed by atoms with Crippen molar-refractivity contribution in [3.05, 3.63) is 72.9 Å². The molecule has 4 nitrogen and oxygen atoms in total. The number of hydrogen-bond donors (Lipinski definition) is 1. The van der Waals surface area contributed by atoms with Gasteiger partial charge in [-0.1, -0.05) is 189 Å². The SMILES string of the molecule is CC/C=C\C/C=C\C/C=C\C/C=C\C/C=C\C/C=C\CCC(=O)OC(CCCC)CCCCCCCCCCCCCCCCCCC(=O)O. The second-order valence-corrected chi connectivity index (χ2v) is 13.8. The highest BCUT2D eigenvalue weighted by atomic mass is 16.5. The molecule has 0 aliphatic carbocycles. The topological polar surface area (TPSA) is 63.6 Å². The minimum atomic E-state index is -0.667. The monoisotopic (exact) mass is 695 g/mol. The molecule has 50 heavy (non-hydrogen) atoms. The predicted molar refractivity (Wildman–Crippen MR) is 218 cm³/mol. The summed E-state index contributed by atoms with van der Waals surface area (Å²) in [5, 5.41) is 8.67. The first-order chi connectivity index (χ1) is 24.6. The van der Waals surface area contributed by atoms with Crippen molar-refractivity contribution in [3.8, 4) is 0 Å². The van der Waals surface area contributed by atoms with Crippen LogP contribution in [0.25, 0.3) is 0 Å². The van der Waals surface area contributed by atoms with Crippen LogP contribution in [0.2, 0.25) is 0 Å². The molecule has 0 aromatic heterocycles. The normalized spacial score (nSPS) is 13.0. The summed E-state index contributed by atoms with van der Waals surface area (Å²) in [7, 11) is 0. The van der Waals surface area contributed by atoms with Crippen molar-refractivity contribution < 1.29 is 19.4 Å². The minimum Gasteiger partial charge on any atom is -0.481 e. The van der Waals surface area contributed by atoms with Crippen LogP contribution in [0.5, 0.6) is 0 Å². The van der Waals surface area contributed by atoms with Gasteiger partial charge in [0.2, 0.25) is 0 Å². The molecule has 0 saturated heterocycles. The number of carboxylic acids is 1. The van der Waals surface area contributed by atoms with E-state index in [2.05, 4.69) is 86.8 Å². The van der Waals surface area contributed by atoms with E-state index >= 15 is 0 Å². The fourth-order valence-electron chi connectivity index (χ4n) is 5.90. The fraction of sp³-hybridized carbons (Fsp3) is 0.696. The van der Waals surface area contributed by atoms with Crippen LogP contribution in [0.15, 0.2) is 72.9 Å². The minimum absolute atomic E-state index is 0.0429. The van der Waals surface area contributed by atoms with Crippen molar-refractivity contribution in [3.63, 3.8) is 0 Å². The predicted octanol–water partition coefficient (Wildman–Crippen LogP) is 14.7. The highest BCUT2D eigenvalue weighted by Gasteiger charge is 2.13. The zero-order valence-electron chi connectivity index (χ0n) is 32.7. The lowest BCUT2D eigenvalue weighted by Crippen LogP contribution is -2.18. The molecule has 1 atom stereocenters. The zero-order chi connectivity index (χ0) is 36.4. The van der Waals surface area contributed by atoms with E-state index in [-0.39, 0.29) is 12.1 Å². The standard InChI is InChI=1S/C46H78O4/c1-3-5-7-8-9-10-11-12-13-14-15-16-21-24-27-30-33-36-39-43-46(49)50-44(40-6-4-2)41-37-34-31-28-25-22-19-17-18-20-23-26-29-32-35-38-42-45(47)48/h5,7,9-10,12-13,15-16,24,27,33,36,44H,3-4,6,8,11,14,17-23,25-26,28-32,34-35,37-43H2,1-2H3,(H,47,48)/b7-5-,10-9-,13-12-,16-15-,27-24-,36-33-. The van der Waals surface area contributed by atoms with Crippen LogP contribution in [-0.4, -0.2) is 23.1 Å². The van der Waals surface area contributed by atoms with E-state index in [4.69, 9.17) is 9.84 Å². The molecule has 0 rings (SSSR count). The number of esters is 1. The molecule has 0 bridgehead atoms. The quantitative estimate of drug-likeness (QED) is 0.0399. The molecule has 0 aliphatic rings. The zero-order valence-corrected chi connectivity index (χ0v) is 32.7. The second-order valence-electron chi connectivity index (χ2n) is 13.8. The van der Waals surface area contributed by atoms with Gasteiger partial charge >= 0.3 is 11.9 Å². The third kappa shape index (κ3) is 39.8. The molecule has 1 N–H and O–H groups in total. The molecule has 0 amide bonds. The van der Waals surface area contributed by atoms with E-state index in [9.17, 15) is 9.59 Å². The fourth-order valence-corrected chi connectivity index (χ4v) is 5.90. The molecule has 0 spiro atoms. The Kier molecular flexibility index (Phi) is 38.7. The number of carbonyl (C=O) groups excluding carboxylic acids is 1. The van der Waals surface area contributed by atoms with Gasteiger partial charge in [0.1, 0.15) is 6.10 Å². The Morgan fingerprint density at radius 1 is 0.460 bits per heavy atom. The van der Waals surface area contributed by atoms with Gasteiger partial charge in [0.05, 0.1) is 0 Å². The highest BCUT2D eigenvalue weighted by Crippen LogP contribution is 2.18. The van der Waals surface area contributed by atoms with Crippen molar-refractivity contribution in [2.45, 2.75) is 206 Å². The summed E-state index contributed by atoms with van der Waals surface area (Å²) < 4.78 is 5.90. The van der Waals surface area contributed by atoms with Crippen molar-refractivity contribution in [1.82, 2.24) is 0 Å². The van der Waals surface area contributed by atoms with Crippen molar-refractivity contribution >= 4 is 11.9 Å². The van der Waals surface area contributed by atoms with E-state index in [1.807, 2.05) is 0 Å². The molecule has 0 aromatic carbocycles. The Hall–Kier alpha value is -2.62. The van der Waals surface area contributed by atoms with Crippen molar-refractivity contribution in [1.29, 1.82) is 0 Å². The number of carbonyl (C=O) groups is 2. The van der Waals surface area contributed by atoms with Crippen molar-refractivity contribution in [2.24, 2.45) is 0 Å². The first kappa shape index (κ1) is 47.4. The second kappa shape index (κ2) is 40.8. The summed E-state index contributed by atoms with van der Waals surface area (Å²) in [6.45, 7) is 4.36. The maximum atomic E-state index is 12.5. The van der Waals surface area contributed by atoms with Crippen LogP contribution in [0, 0.1) is 0 Å². The highest BCUT2D eigenvalue weighted by molar-refractivity contribution is 5.69.